The summed E-state index contributed by atoms with van der Waals surface area (Å²) < 4.78 is 5.02. The van der Waals surface area contributed by atoms with Crippen LogP contribution in [0.1, 0.15) is 22.8 Å². The normalized spacial score (nSPS) is 10.3. The number of ether oxygens (including phenoxy) is 1. The molecule has 1 aromatic rings. The van der Waals surface area contributed by atoms with Gasteiger partial charge in [-0.2, -0.15) is 0 Å². The highest BCUT2D eigenvalue weighted by Gasteiger charge is 2.05. The van der Waals surface area contributed by atoms with Gasteiger partial charge < -0.3 is 15.2 Å². The molecule has 0 spiro atoms. The summed E-state index contributed by atoms with van der Waals surface area (Å²) in [5.74, 6) is -0.643. The lowest BCUT2D eigenvalue weighted by Crippen LogP contribution is -2.19. The van der Waals surface area contributed by atoms with Crippen LogP contribution in [-0.4, -0.2) is 30.6 Å². The first kappa shape index (κ1) is 13.8. The maximum Gasteiger partial charge on any atom is 0.335 e. The van der Waals surface area contributed by atoms with Crippen molar-refractivity contribution in [2.24, 2.45) is 0 Å². The topological polar surface area (TPSA) is 75.6 Å². The molecular formula is C13H15NO4. The Labute approximate surface area is 105 Å². The molecule has 0 saturated carbocycles. The van der Waals surface area contributed by atoms with E-state index < -0.39 is 5.97 Å². The summed E-state index contributed by atoms with van der Waals surface area (Å²) in [6.07, 6.45) is 3.46. The third-order valence-corrected chi connectivity index (χ3v) is 2.19. The Morgan fingerprint density at radius 3 is 2.67 bits per heavy atom. The molecule has 5 heteroatoms. The van der Waals surface area contributed by atoms with Gasteiger partial charge in [-0.1, -0.05) is 12.2 Å². The van der Waals surface area contributed by atoms with E-state index in [2.05, 4.69) is 5.32 Å². The van der Waals surface area contributed by atoms with Crippen molar-refractivity contribution >= 4 is 18.0 Å². The predicted molar refractivity (Wildman–Crippen MR) is 67.7 cm³/mol. The molecule has 0 aliphatic heterocycles. The second kappa shape index (κ2) is 6.44. The largest absolute Gasteiger partial charge is 0.497 e. The third-order valence-electron chi connectivity index (χ3n) is 2.19. The van der Waals surface area contributed by atoms with Crippen LogP contribution in [0.3, 0.4) is 0 Å². The number of amides is 1. The molecule has 0 fully saturated rings. The van der Waals surface area contributed by atoms with E-state index in [1.165, 1.54) is 26.2 Å². The minimum atomic E-state index is -1.01. The lowest BCUT2D eigenvalue weighted by Gasteiger charge is -2.04. The minimum absolute atomic E-state index is 0.114. The molecule has 0 unspecified atom stereocenters. The molecule has 0 bridgehead atoms. The number of nitrogens with one attached hydrogen (secondary N) is 1. The zero-order chi connectivity index (χ0) is 13.5. The monoisotopic (exact) mass is 249 g/mol. The number of hydrogen-bond donors (Lipinski definition) is 2. The average molecular weight is 249 g/mol. The molecule has 0 heterocycles. The number of hydrogen-bond acceptors (Lipinski definition) is 3. The first-order valence-electron chi connectivity index (χ1n) is 5.36. The van der Waals surface area contributed by atoms with Gasteiger partial charge in [0.05, 0.1) is 12.7 Å². The van der Waals surface area contributed by atoms with Crippen molar-refractivity contribution in [1.82, 2.24) is 5.32 Å². The van der Waals surface area contributed by atoms with Crippen LogP contribution in [0.2, 0.25) is 0 Å². The van der Waals surface area contributed by atoms with Crippen molar-refractivity contribution in [2.75, 3.05) is 13.7 Å². The van der Waals surface area contributed by atoms with Crippen LogP contribution in [0.4, 0.5) is 0 Å². The van der Waals surface area contributed by atoms with Gasteiger partial charge in [-0.15, -0.1) is 0 Å². The standard InChI is InChI=1S/C13H15NO4/c1-9(15)14-5-3-4-10-6-11(13(16)17)8-12(7-10)18-2/h3-4,6-8H,5H2,1-2H3,(H,14,15)(H,16,17). The average Bonchev–Trinajstić information content (AvgIpc) is 2.34. The van der Waals surface area contributed by atoms with E-state index in [4.69, 9.17) is 9.84 Å². The number of carboxylic acids is 1. The number of carbonyl (C=O) groups excluding carboxylic acids is 1. The quantitative estimate of drug-likeness (QED) is 0.830. The summed E-state index contributed by atoms with van der Waals surface area (Å²) in [7, 11) is 1.48. The predicted octanol–water partition coefficient (Wildman–Crippen LogP) is 1.54. The van der Waals surface area contributed by atoms with Gasteiger partial charge in [0.1, 0.15) is 5.75 Å². The van der Waals surface area contributed by atoms with E-state index in [9.17, 15) is 9.59 Å². The van der Waals surface area contributed by atoms with Gasteiger partial charge in [-0.05, 0) is 23.8 Å². The molecule has 1 aromatic carbocycles. The number of carbonyl (C=O) groups is 2. The van der Waals surface area contributed by atoms with Crippen molar-refractivity contribution in [1.29, 1.82) is 0 Å². The van der Waals surface area contributed by atoms with Crippen molar-refractivity contribution in [3.63, 3.8) is 0 Å². The number of aromatic carboxylic acids is 1. The highest BCUT2D eigenvalue weighted by molar-refractivity contribution is 5.89. The summed E-state index contributed by atoms with van der Waals surface area (Å²) in [5, 5.41) is 11.5. The zero-order valence-corrected chi connectivity index (χ0v) is 10.3. The summed E-state index contributed by atoms with van der Waals surface area (Å²) >= 11 is 0. The Morgan fingerprint density at radius 2 is 2.11 bits per heavy atom. The minimum Gasteiger partial charge on any atom is -0.497 e. The summed E-state index contributed by atoms with van der Waals surface area (Å²) in [6.45, 7) is 1.83. The molecule has 1 amide bonds. The van der Waals surface area contributed by atoms with E-state index >= 15 is 0 Å². The third kappa shape index (κ3) is 4.29. The Balaban J connectivity index is 2.84. The zero-order valence-electron chi connectivity index (χ0n) is 10.3. The molecule has 0 aliphatic carbocycles. The molecule has 0 aromatic heterocycles. The van der Waals surface area contributed by atoms with Crippen molar-refractivity contribution in [2.45, 2.75) is 6.92 Å². The number of methoxy groups -OCH3 is 1. The van der Waals surface area contributed by atoms with Gasteiger partial charge >= 0.3 is 5.97 Å². The van der Waals surface area contributed by atoms with E-state index in [0.717, 1.165) is 0 Å². The number of carboxylic acid groups (broad SMARTS) is 1. The fourth-order valence-electron chi connectivity index (χ4n) is 1.36. The van der Waals surface area contributed by atoms with Gasteiger partial charge in [0.25, 0.3) is 0 Å². The second-order valence-corrected chi connectivity index (χ2v) is 3.64. The van der Waals surface area contributed by atoms with Gasteiger partial charge in [0.2, 0.25) is 5.91 Å². The van der Waals surface area contributed by atoms with Crippen LogP contribution < -0.4 is 10.1 Å². The lowest BCUT2D eigenvalue weighted by molar-refractivity contribution is -0.118. The SMILES string of the molecule is COc1cc(C=CCNC(C)=O)cc(C(=O)O)c1. The fourth-order valence-corrected chi connectivity index (χ4v) is 1.36. The highest BCUT2D eigenvalue weighted by Crippen LogP contribution is 2.18. The summed E-state index contributed by atoms with van der Waals surface area (Å²) in [5.41, 5.74) is 0.866. The van der Waals surface area contributed by atoms with Gasteiger partial charge in [-0.25, -0.2) is 4.79 Å². The van der Waals surface area contributed by atoms with Crippen LogP contribution >= 0.6 is 0 Å². The molecular weight excluding hydrogens is 234 g/mol. The van der Waals surface area contributed by atoms with Crippen molar-refractivity contribution in [3.05, 3.63) is 35.4 Å². The summed E-state index contributed by atoms with van der Waals surface area (Å²) in [6, 6.07) is 4.71. The number of benzene rings is 1. The first-order chi connectivity index (χ1) is 8.52. The van der Waals surface area contributed by atoms with Gasteiger partial charge in [-0.3, -0.25) is 4.79 Å². The lowest BCUT2D eigenvalue weighted by atomic mass is 10.1. The van der Waals surface area contributed by atoms with Gasteiger partial charge in [0.15, 0.2) is 0 Å². The molecule has 0 radical (unpaired) electrons. The van der Waals surface area contributed by atoms with Crippen molar-refractivity contribution in [3.8, 4) is 5.75 Å². The smallest absolute Gasteiger partial charge is 0.335 e. The Bertz CT molecular complexity index is 480. The second-order valence-electron chi connectivity index (χ2n) is 3.64. The molecule has 96 valence electrons. The van der Waals surface area contributed by atoms with Crippen LogP contribution in [0, 0.1) is 0 Å². The van der Waals surface area contributed by atoms with Gasteiger partial charge in [0, 0.05) is 13.5 Å². The maximum absolute atomic E-state index is 10.9. The molecule has 0 aliphatic rings. The molecule has 0 saturated heterocycles. The molecule has 2 N–H and O–H groups in total. The van der Waals surface area contributed by atoms with E-state index in [1.54, 1.807) is 18.2 Å². The summed E-state index contributed by atoms with van der Waals surface area (Å²) in [4.78, 5) is 21.6. The van der Waals surface area contributed by atoms with Crippen molar-refractivity contribution < 1.29 is 19.4 Å². The Morgan fingerprint density at radius 1 is 1.39 bits per heavy atom. The van der Waals surface area contributed by atoms with Crippen LogP contribution in [0.15, 0.2) is 24.3 Å². The fraction of sp³-hybridized carbons (Fsp3) is 0.231. The Hall–Kier alpha value is -2.30. The number of rotatable bonds is 5. The van der Waals surface area contributed by atoms with Crippen LogP contribution in [0.5, 0.6) is 5.75 Å². The maximum atomic E-state index is 10.9. The van der Waals surface area contributed by atoms with E-state index in [-0.39, 0.29) is 11.5 Å². The molecule has 18 heavy (non-hydrogen) atoms. The Kier molecular flexibility index (Phi) is 4.92. The van der Waals surface area contributed by atoms with Crippen LogP contribution in [0.25, 0.3) is 6.08 Å². The molecule has 1 rings (SSSR count). The molecule has 5 nitrogen and oxygen atoms in total. The molecule has 0 atom stereocenters. The highest BCUT2D eigenvalue weighted by atomic mass is 16.5. The van der Waals surface area contributed by atoms with E-state index in [1.807, 2.05) is 0 Å². The first-order valence-corrected chi connectivity index (χ1v) is 5.36. The van der Waals surface area contributed by atoms with E-state index in [0.29, 0.717) is 17.9 Å². The van der Waals surface area contributed by atoms with Crippen LogP contribution in [-0.2, 0) is 4.79 Å².